The van der Waals surface area contributed by atoms with Crippen molar-refractivity contribution >= 4 is 39.8 Å². The van der Waals surface area contributed by atoms with E-state index in [2.05, 4.69) is 34.4 Å². The third kappa shape index (κ3) is 5.61. The molecule has 0 aliphatic heterocycles. The molecule has 2 aromatic heterocycles. The molecule has 0 saturated heterocycles. The Labute approximate surface area is 139 Å². The molecule has 0 saturated carbocycles. The van der Waals surface area contributed by atoms with Gasteiger partial charge in [0.05, 0.1) is 17.1 Å². The Morgan fingerprint density at radius 1 is 1.41 bits per heavy atom. The molecule has 0 unspecified atom stereocenters. The predicted octanol–water partition coefficient (Wildman–Crippen LogP) is 3.64. The maximum absolute atomic E-state index is 11.8. The van der Waals surface area contributed by atoms with Gasteiger partial charge in [0.25, 0.3) is 0 Å². The summed E-state index contributed by atoms with van der Waals surface area (Å²) in [5, 5.41) is 9.16. The number of carbonyl (C=O) groups excluding carboxylic acids is 1. The number of nitrogens with one attached hydrogen (secondary N) is 2. The Bertz CT molecular complexity index is 612. The first-order valence-electron chi connectivity index (χ1n) is 7.12. The lowest BCUT2D eigenvalue weighted by Gasteiger charge is -2.06. The van der Waals surface area contributed by atoms with E-state index in [9.17, 15) is 4.79 Å². The highest BCUT2D eigenvalue weighted by Gasteiger charge is 2.08. The van der Waals surface area contributed by atoms with E-state index in [0.29, 0.717) is 34.9 Å². The number of rotatable bonds is 7. The zero-order valence-electron chi connectivity index (χ0n) is 12.6. The van der Waals surface area contributed by atoms with Gasteiger partial charge in [-0.3, -0.25) is 4.79 Å². The fourth-order valence-electron chi connectivity index (χ4n) is 1.73. The molecule has 7 heteroatoms. The van der Waals surface area contributed by atoms with E-state index in [1.165, 1.54) is 11.3 Å². The Kier molecular flexibility index (Phi) is 6.15. The molecule has 22 heavy (non-hydrogen) atoms. The molecule has 2 N–H and O–H groups in total. The number of pyridine rings is 1. The van der Waals surface area contributed by atoms with Crippen LogP contribution >= 0.6 is 22.9 Å². The minimum Gasteiger partial charge on any atom is -0.356 e. The lowest BCUT2D eigenvalue weighted by atomic mass is 10.1. The third-order valence-corrected chi connectivity index (χ3v) is 3.93. The number of aromatic nitrogens is 2. The van der Waals surface area contributed by atoms with Crippen molar-refractivity contribution in [1.82, 2.24) is 15.3 Å². The largest absolute Gasteiger partial charge is 0.356 e. The Morgan fingerprint density at radius 2 is 2.23 bits per heavy atom. The van der Waals surface area contributed by atoms with E-state index in [4.69, 9.17) is 11.6 Å². The van der Waals surface area contributed by atoms with E-state index < -0.39 is 0 Å². The average molecular weight is 339 g/mol. The van der Waals surface area contributed by atoms with E-state index >= 15 is 0 Å². The SMILES string of the molecule is CC(C)CCNC(=O)Cc1csc(Nc2ccc(Cl)cn2)n1. The van der Waals surface area contributed by atoms with Crippen LogP contribution in [0.1, 0.15) is 26.0 Å². The molecule has 0 aliphatic carbocycles. The van der Waals surface area contributed by atoms with Crippen LogP contribution in [0.4, 0.5) is 10.9 Å². The molecular formula is C15H19ClN4OS. The normalized spacial score (nSPS) is 10.7. The zero-order chi connectivity index (χ0) is 15.9. The third-order valence-electron chi connectivity index (χ3n) is 2.90. The van der Waals surface area contributed by atoms with Crippen molar-refractivity contribution in [3.63, 3.8) is 0 Å². The van der Waals surface area contributed by atoms with Crippen molar-refractivity contribution in [3.05, 3.63) is 34.4 Å². The summed E-state index contributed by atoms with van der Waals surface area (Å²) in [7, 11) is 0. The lowest BCUT2D eigenvalue weighted by molar-refractivity contribution is -0.120. The van der Waals surface area contributed by atoms with Crippen molar-refractivity contribution in [3.8, 4) is 0 Å². The first kappa shape index (κ1) is 16.7. The standard InChI is InChI=1S/C15H19ClN4OS/c1-10(2)5-6-17-14(21)7-12-9-22-15(19-12)20-13-4-3-11(16)8-18-13/h3-4,8-10H,5-7H2,1-2H3,(H,17,21)(H,18,19,20). The second-order valence-corrected chi connectivity index (χ2v) is 6.63. The minimum atomic E-state index is 0.00196. The molecule has 0 atom stereocenters. The van der Waals surface area contributed by atoms with Gasteiger partial charge < -0.3 is 10.6 Å². The number of thiazole rings is 1. The number of hydrogen-bond acceptors (Lipinski definition) is 5. The van der Waals surface area contributed by atoms with Crippen LogP contribution in [0.15, 0.2) is 23.7 Å². The zero-order valence-corrected chi connectivity index (χ0v) is 14.2. The average Bonchev–Trinajstić information content (AvgIpc) is 2.88. The van der Waals surface area contributed by atoms with Gasteiger partial charge in [-0.2, -0.15) is 0 Å². The molecule has 0 aliphatic rings. The van der Waals surface area contributed by atoms with Crippen molar-refractivity contribution < 1.29 is 4.79 Å². The molecule has 2 heterocycles. The van der Waals surface area contributed by atoms with Gasteiger partial charge in [0.1, 0.15) is 5.82 Å². The summed E-state index contributed by atoms with van der Waals surface area (Å²) >= 11 is 7.23. The van der Waals surface area contributed by atoms with Gasteiger partial charge in [-0.15, -0.1) is 11.3 Å². The summed E-state index contributed by atoms with van der Waals surface area (Å²) < 4.78 is 0. The minimum absolute atomic E-state index is 0.00196. The monoisotopic (exact) mass is 338 g/mol. The first-order valence-corrected chi connectivity index (χ1v) is 8.38. The van der Waals surface area contributed by atoms with E-state index in [1.54, 1.807) is 18.3 Å². The van der Waals surface area contributed by atoms with Gasteiger partial charge >= 0.3 is 0 Å². The molecule has 0 spiro atoms. The van der Waals surface area contributed by atoms with E-state index in [0.717, 1.165) is 12.1 Å². The second-order valence-electron chi connectivity index (χ2n) is 5.34. The number of anilines is 2. The number of hydrogen-bond donors (Lipinski definition) is 2. The molecule has 1 amide bonds. The number of nitrogens with zero attached hydrogens (tertiary/aromatic N) is 2. The Balaban J connectivity index is 1.83. The summed E-state index contributed by atoms with van der Waals surface area (Å²) in [5.74, 6) is 1.26. The van der Waals surface area contributed by atoms with Gasteiger partial charge in [0, 0.05) is 18.1 Å². The molecule has 0 radical (unpaired) electrons. The molecule has 0 bridgehead atoms. The lowest BCUT2D eigenvalue weighted by Crippen LogP contribution is -2.26. The molecular weight excluding hydrogens is 320 g/mol. The summed E-state index contributed by atoms with van der Waals surface area (Å²) in [4.78, 5) is 20.3. The molecule has 2 rings (SSSR count). The maximum atomic E-state index is 11.8. The van der Waals surface area contributed by atoms with Crippen LogP contribution in [0, 0.1) is 5.92 Å². The summed E-state index contributed by atoms with van der Waals surface area (Å²) in [5.41, 5.74) is 0.753. The summed E-state index contributed by atoms with van der Waals surface area (Å²) in [6.07, 6.45) is 2.85. The summed E-state index contributed by atoms with van der Waals surface area (Å²) in [6.45, 7) is 4.98. The van der Waals surface area contributed by atoms with Crippen LogP contribution in [0.2, 0.25) is 5.02 Å². The van der Waals surface area contributed by atoms with Crippen molar-refractivity contribution in [1.29, 1.82) is 0 Å². The fraction of sp³-hybridized carbons (Fsp3) is 0.400. The van der Waals surface area contributed by atoms with Gasteiger partial charge in [-0.1, -0.05) is 25.4 Å². The smallest absolute Gasteiger partial charge is 0.226 e. The van der Waals surface area contributed by atoms with Crippen molar-refractivity contribution in [2.75, 3.05) is 11.9 Å². The molecule has 5 nitrogen and oxygen atoms in total. The number of carbonyl (C=O) groups is 1. The number of halogens is 1. The van der Waals surface area contributed by atoms with Crippen LogP contribution in [0.5, 0.6) is 0 Å². The highest BCUT2D eigenvalue weighted by Crippen LogP contribution is 2.20. The molecule has 0 aromatic carbocycles. The number of amides is 1. The molecule has 0 fully saturated rings. The molecule has 2 aromatic rings. The van der Waals surface area contributed by atoms with Crippen molar-refractivity contribution in [2.24, 2.45) is 5.92 Å². The van der Waals surface area contributed by atoms with Crippen LogP contribution in [0.3, 0.4) is 0 Å². The van der Waals surface area contributed by atoms with Gasteiger partial charge in [-0.25, -0.2) is 9.97 Å². The Hall–Kier alpha value is -1.66. The van der Waals surface area contributed by atoms with Crippen molar-refractivity contribution in [2.45, 2.75) is 26.7 Å². The van der Waals surface area contributed by atoms with Gasteiger partial charge in [0.2, 0.25) is 5.91 Å². The highest BCUT2D eigenvalue weighted by molar-refractivity contribution is 7.13. The van der Waals surface area contributed by atoms with E-state index in [1.807, 2.05) is 5.38 Å². The highest BCUT2D eigenvalue weighted by atomic mass is 35.5. The maximum Gasteiger partial charge on any atom is 0.226 e. The topological polar surface area (TPSA) is 66.9 Å². The summed E-state index contributed by atoms with van der Waals surface area (Å²) in [6, 6.07) is 3.54. The van der Waals surface area contributed by atoms with Crippen LogP contribution in [-0.2, 0) is 11.2 Å². The van der Waals surface area contributed by atoms with Crippen LogP contribution in [-0.4, -0.2) is 22.4 Å². The van der Waals surface area contributed by atoms with Gasteiger partial charge in [-0.05, 0) is 24.5 Å². The second kappa shape index (κ2) is 8.10. The first-order chi connectivity index (χ1) is 10.5. The molecule has 118 valence electrons. The Morgan fingerprint density at radius 3 is 2.91 bits per heavy atom. The van der Waals surface area contributed by atoms with Crippen LogP contribution < -0.4 is 10.6 Å². The van der Waals surface area contributed by atoms with Crippen LogP contribution in [0.25, 0.3) is 0 Å². The van der Waals surface area contributed by atoms with Gasteiger partial charge in [0.15, 0.2) is 5.13 Å². The quantitative estimate of drug-likeness (QED) is 0.808. The predicted molar refractivity (Wildman–Crippen MR) is 90.8 cm³/mol. The van der Waals surface area contributed by atoms with E-state index in [-0.39, 0.29) is 5.91 Å². The fourth-order valence-corrected chi connectivity index (χ4v) is 2.56.